The largest absolute Gasteiger partial charge is 0.417 e. The van der Waals surface area contributed by atoms with E-state index >= 15 is 0 Å². The van der Waals surface area contributed by atoms with Gasteiger partial charge >= 0.3 is 6.18 Å². The van der Waals surface area contributed by atoms with Crippen LogP contribution in [0, 0.1) is 11.3 Å². The van der Waals surface area contributed by atoms with Crippen LogP contribution in [0.25, 0.3) is 11.0 Å². The number of nitrogens with zero attached hydrogens (tertiary/aromatic N) is 3. The van der Waals surface area contributed by atoms with Gasteiger partial charge < -0.3 is 19.9 Å². The Hall–Kier alpha value is -3.58. The molecule has 0 atom stereocenters. The number of hydrogen-bond acceptors (Lipinski definition) is 5. The topological polar surface area (TPSA) is 92.0 Å². The summed E-state index contributed by atoms with van der Waals surface area (Å²) < 4.78 is 46.8. The number of ether oxygens (including phenoxy) is 1. The lowest BCUT2D eigenvalue weighted by Crippen LogP contribution is -2.17. The maximum Gasteiger partial charge on any atom is 0.417 e. The maximum absolute atomic E-state index is 13.4. The molecule has 2 N–H and O–H groups in total. The van der Waals surface area contributed by atoms with Crippen LogP contribution >= 0.6 is 0 Å². The van der Waals surface area contributed by atoms with Crippen molar-refractivity contribution in [2.24, 2.45) is 0 Å². The highest BCUT2D eigenvalue weighted by atomic mass is 19.4. The normalized spacial score (nSPS) is 11.3. The van der Waals surface area contributed by atoms with Gasteiger partial charge in [-0.25, -0.2) is 4.98 Å². The zero-order chi connectivity index (χ0) is 21.9. The predicted molar refractivity (Wildman–Crippen MR) is 104 cm³/mol. The van der Waals surface area contributed by atoms with Gasteiger partial charge in [-0.2, -0.15) is 18.4 Å². The van der Waals surface area contributed by atoms with E-state index in [1.54, 1.807) is 34.9 Å². The number of imidazole rings is 1. The third-order valence-electron chi connectivity index (χ3n) is 4.44. The van der Waals surface area contributed by atoms with Crippen molar-refractivity contribution in [1.29, 1.82) is 5.26 Å². The molecule has 3 aromatic rings. The molecule has 0 saturated heterocycles. The van der Waals surface area contributed by atoms with Gasteiger partial charge in [-0.05, 0) is 30.3 Å². The first-order chi connectivity index (χ1) is 14.3. The number of nitrogens with one attached hydrogen (secondary N) is 2. The summed E-state index contributed by atoms with van der Waals surface area (Å²) in [5.74, 6) is -0.0145. The molecule has 0 aliphatic rings. The van der Waals surface area contributed by atoms with Crippen molar-refractivity contribution in [2.75, 3.05) is 26.1 Å². The SMILES string of the molecule is CNC(=O)c1cccc(Nc2nc3cc(C#N)c(C(F)(F)F)cc3n2CCOC)c1. The van der Waals surface area contributed by atoms with Crippen molar-refractivity contribution in [1.82, 2.24) is 14.9 Å². The van der Waals surface area contributed by atoms with Crippen LogP contribution in [0.5, 0.6) is 0 Å². The second kappa shape index (κ2) is 8.42. The van der Waals surface area contributed by atoms with Crippen molar-refractivity contribution in [3.05, 3.63) is 53.1 Å². The minimum atomic E-state index is -4.68. The molecule has 0 spiro atoms. The van der Waals surface area contributed by atoms with Gasteiger partial charge in [0.25, 0.3) is 5.91 Å². The van der Waals surface area contributed by atoms with Gasteiger partial charge in [-0.3, -0.25) is 4.79 Å². The summed E-state index contributed by atoms with van der Waals surface area (Å²) in [6.45, 7) is 0.466. The van der Waals surface area contributed by atoms with Gasteiger partial charge in [0.1, 0.15) is 0 Å². The predicted octanol–water partition coefficient (Wildman–Crippen LogP) is 3.68. The second-order valence-electron chi connectivity index (χ2n) is 6.36. The quantitative estimate of drug-likeness (QED) is 0.639. The number of amides is 1. The summed E-state index contributed by atoms with van der Waals surface area (Å²) in [4.78, 5) is 16.2. The van der Waals surface area contributed by atoms with Crippen molar-refractivity contribution < 1.29 is 22.7 Å². The van der Waals surface area contributed by atoms with E-state index < -0.39 is 17.3 Å². The Labute approximate surface area is 170 Å². The molecule has 1 heterocycles. The van der Waals surface area contributed by atoms with E-state index in [9.17, 15) is 18.0 Å². The lowest BCUT2D eigenvalue weighted by atomic mass is 10.1. The fourth-order valence-electron chi connectivity index (χ4n) is 3.01. The maximum atomic E-state index is 13.4. The van der Waals surface area contributed by atoms with Gasteiger partial charge in [0.15, 0.2) is 0 Å². The van der Waals surface area contributed by atoms with Crippen LogP contribution < -0.4 is 10.6 Å². The number of methoxy groups -OCH3 is 1. The molecule has 0 fully saturated rings. The fourth-order valence-corrected chi connectivity index (χ4v) is 3.01. The molecule has 3 rings (SSSR count). The molecule has 7 nitrogen and oxygen atoms in total. The zero-order valence-corrected chi connectivity index (χ0v) is 16.2. The number of carbonyl (C=O) groups is 1. The smallest absolute Gasteiger partial charge is 0.383 e. The average Bonchev–Trinajstić information content (AvgIpc) is 3.05. The number of halogens is 3. The summed E-state index contributed by atoms with van der Waals surface area (Å²) in [5, 5.41) is 14.7. The Morgan fingerprint density at radius 1 is 1.30 bits per heavy atom. The van der Waals surface area contributed by atoms with Crippen molar-refractivity contribution >= 4 is 28.6 Å². The molecule has 1 aromatic heterocycles. The lowest BCUT2D eigenvalue weighted by molar-refractivity contribution is -0.137. The highest BCUT2D eigenvalue weighted by molar-refractivity contribution is 5.95. The van der Waals surface area contributed by atoms with E-state index in [1.165, 1.54) is 14.2 Å². The summed E-state index contributed by atoms with van der Waals surface area (Å²) in [5.41, 5.74) is -0.137. The number of rotatable bonds is 6. The summed E-state index contributed by atoms with van der Waals surface area (Å²) in [6, 6.07) is 10.2. The molecular formula is C20H18F3N5O2. The van der Waals surface area contributed by atoms with Crippen LogP contribution in [-0.4, -0.2) is 36.2 Å². The standard InChI is InChI=1S/C20H18F3N5O2/c1-25-18(29)12-4-3-5-14(8-12)26-19-27-16-9-13(11-24)15(20(21,22)23)10-17(16)28(19)6-7-30-2/h3-5,8-10H,6-7H2,1-2H3,(H,25,29)(H,26,27). The van der Waals surface area contributed by atoms with E-state index in [-0.39, 0.29) is 36.0 Å². The molecule has 0 radical (unpaired) electrons. The summed E-state index contributed by atoms with van der Waals surface area (Å²) in [6.07, 6.45) is -4.68. The van der Waals surface area contributed by atoms with Gasteiger partial charge in [0.05, 0.1) is 34.8 Å². The summed E-state index contributed by atoms with van der Waals surface area (Å²) >= 11 is 0. The minimum absolute atomic E-state index is 0.211. The third kappa shape index (κ3) is 4.21. The first kappa shape index (κ1) is 21.1. The Morgan fingerprint density at radius 3 is 2.70 bits per heavy atom. The van der Waals surface area contributed by atoms with Gasteiger partial charge in [0, 0.05) is 32.0 Å². The van der Waals surface area contributed by atoms with Crippen LogP contribution in [0.4, 0.5) is 24.8 Å². The number of aromatic nitrogens is 2. The van der Waals surface area contributed by atoms with Crippen molar-refractivity contribution in [3.8, 4) is 6.07 Å². The molecule has 0 bridgehead atoms. The van der Waals surface area contributed by atoms with E-state index in [4.69, 9.17) is 10.00 Å². The van der Waals surface area contributed by atoms with E-state index in [2.05, 4.69) is 15.6 Å². The van der Waals surface area contributed by atoms with Gasteiger partial charge in [-0.15, -0.1) is 0 Å². The fraction of sp³-hybridized carbons (Fsp3) is 0.250. The monoisotopic (exact) mass is 417 g/mol. The molecule has 1 amide bonds. The lowest BCUT2D eigenvalue weighted by Gasteiger charge is -2.12. The number of carbonyl (C=O) groups excluding carboxylic acids is 1. The van der Waals surface area contributed by atoms with Crippen LogP contribution in [0.15, 0.2) is 36.4 Å². The van der Waals surface area contributed by atoms with Gasteiger partial charge in [0.2, 0.25) is 5.95 Å². The molecule has 156 valence electrons. The molecule has 0 saturated carbocycles. The first-order valence-electron chi connectivity index (χ1n) is 8.88. The van der Waals surface area contributed by atoms with E-state index in [0.29, 0.717) is 11.3 Å². The average molecular weight is 417 g/mol. The van der Waals surface area contributed by atoms with Crippen LogP contribution in [0.2, 0.25) is 0 Å². The second-order valence-corrected chi connectivity index (χ2v) is 6.36. The van der Waals surface area contributed by atoms with Crippen molar-refractivity contribution in [3.63, 3.8) is 0 Å². The van der Waals surface area contributed by atoms with Gasteiger partial charge in [-0.1, -0.05) is 6.07 Å². The van der Waals surface area contributed by atoms with E-state index in [1.807, 2.05) is 0 Å². The molecular weight excluding hydrogens is 399 g/mol. The van der Waals surface area contributed by atoms with E-state index in [0.717, 1.165) is 12.1 Å². The Bertz CT molecular complexity index is 1130. The first-order valence-corrected chi connectivity index (χ1v) is 8.88. The highest BCUT2D eigenvalue weighted by Crippen LogP contribution is 2.35. The van der Waals surface area contributed by atoms with Crippen LogP contribution in [0.1, 0.15) is 21.5 Å². The molecule has 0 aliphatic heterocycles. The number of fused-ring (bicyclic) bond motifs is 1. The molecule has 2 aromatic carbocycles. The third-order valence-corrected chi connectivity index (χ3v) is 4.44. The van der Waals surface area contributed by atoms with Crippen molar-refractivity contribution in [2.45, 2.75) is 12.7 Å². The zero-order valence-electron chi connectivity index (χ0n) is 16.2. The summed E-state index contributed by atoms with van der Waals surface area (Å²) in [7, 11) is 2.99. The van der Waals surface area contributed by atoms with Crippen LogP contribution in [0.3, 0.4) is 0 Å². The highest BCUT2D eigenvalue weighted by Gasteiger charge is 2.34. The Balaban J connectivity index is 2.12. The Kier molecular flexibility index (Phi) is 5.94. The molecule has 0 aliphatic carbocycles. The Morgan fingerprint density at radius 2 is 2.07 bits per heavy atom. The number of alkyl halides is 3. The number of hydrogen-bond donors (Lipinski definition) is 2. The number of nitriles is 1. The molecule has 10 heteroatoms. The molecule has 30 heavy (non-hydrogen) atoms. The number of benzene rings is 2. The number of anilines is 2. The minimum Gasteiger partial charge on any atom is -0.383 e. The van der Waals surface area contributed by atoms with Crippen LogP contribution in [-0.2, 0) is 17.5 Å². The molecule has 0 unspecified atom stereocenters.